The molecule has 0 aliphatic heterocycles. The maximum Gasteiger partial charge on any atom is 0.417 e. The molecule has 0 saturated heterocycles. The second kappa shape index (κ2) is 6.10. The van der Waals surface area contributed by atoms with Gasteiger partial charge in [0.2, 0.25) is 0 Å². The van der Waals surface area contributed by atoms with E-state index in [0.29, 0.717) is 5.03 Å². The van der Waals surface area contributed by atoms with E-state index in [1.54, 1.807) is 0 Å². The van der Waals surface area contributed by atoms with Crippen LogP contribution in [0.3, 0.4) is 0 Å². The zero-order valence-electron chi connectivity index (χ0n) is 8.84. The molecule has 90 valence electrons. The molecule has 0 saturated carbocycles. The van der Waals surface area contributed by atoms with E-state index in [-0.39, 0.29) is 0 Å². The number of hydrogen-bond acceptors (Lipinski definition) is 3. The van der Waals surface area contributed by atoms with Gasteiger partial charge in [0.05, 0.1) is 10.6 Å². The van der Waals surface area contributed by atoms with Crippen LogP contribution in [0.4, 0.5) is 13.2 Å². The van der Waals surface area contributed by atoms with Gasteiger partial charge in [-0.15, -0.1) is 11.8 Å². The summed E-state index contributed by atoms with van der Waals surface area (Å²) in [5.74, 6) is 0.846. The molecule has 0 spiro atoms. The van der Waals surface area contributed by atoms with Crippen LogP contribution in [0.5, 0.6) is 0 Å². The minimum Gasteiger partial charge on any atom is -0.320 e. The van der Waals surface area contributed by atoms with Gasteiger partial charge in [-0.05, 0) is 32.1 Å². The molecule has 1 heterocycles. The van der Waals surface area contributed by atoms with Crippen LogP contribution >= 0.6 is 11.8 Å². The SMILES string of the molecule is CNCCCSc1ccc(C(F)(F)F)cn1. The minimum atomic E-state index is -4.30. The van der Waals surface area contributed by atoms with Gasteiger partial charge in [-0.3, -0.25) is 0 Å². The van der Waals surface area contributed by atoms with Crippen LogP contribution in [0.15, 0.2) is 23.4 Å². The van der Waals surface area contributed by atoms with Gasteiger partial charge in [0, 0.05) is 11.9 Å². The molecule has 2 nitrogen and oxygen atoms in total. The molecular formula is C10H13F3N2S. The summed E-state index contributed by atoms with van der Waals surface area (Å²) >= 11 is 1.46. The highest BCUT2D eigenvalue weighted by Crippen LogP contribution is 2.29. The van der Waals surface area contributed by atoms with Crippen LogP contribution in [-0.4, -0.2) is 24.3 Å². The number of pyridine rings is 1. The fourth-order valence-corrected chi connectivity index (χ4v) is 1.85. The molecule has 6 heteroatoms. The zero-order valence-corrected chi connectivity index (χ0v) is 9.66. The lowest BCUT2D eigenvalue weighted by molar-refractivity contribution is -0.137. The minimum absolute atomic E-state index is 0.629. The summed E-state index contributed by atoms with van der Waals surface area (Å²) in [5, 5.41) is 3.63. The van der Waals surface area contributed by atoms with Crippen molar-refractivity contribution in [3.8, 4) is 0 Å². The van der Waals surface area contributed by atoms with Crippen molar-refractivity contribution in [3.63, 3.8) is 0 Å². The Morgan fingerprint density at radius 1 is 1.38 bits per heavy atom. The summed E-state index contributed by atoms with van der Waals surface area (Å²) in [4.78, 5) is 3.77. The van der Waals surface area contributed by atoms with Crippen molar-refractivity contribution in [1.82, 2.24) is 10.3 Å². The number of halogens is 3. The van der Waals surface area contributed by atoms with E-state index in [0.717, 1.165) is 31.0 Å². The van der Waals surface area contributed by atoms with Crippen molar-refractivity contribution in [2.75, 3.05) is 19.3 Å². The van der Waals surface area contributed by atoms with Crippen LogP contribution < -0.4 is 5.32 Å². The van der Waals surface area contributed by atoms with E-state index in [1.807, 2.05) is 7.05 Å². The van der Waals surface area contributed by atoms with Gasteiger partial charge < -0.3 is 5.32 Å². The maximum atomic E-state index is 12.2. The molecule has 1 aromatic rings. The van der Waals surface area contributed by atoms with Crippen LogP contribution in [0.1, 0.15) is 12.0 Å². The highest BCUT2D eigenvalue weighted by atomic mass is 32.2. The first-order chi connectivity index (χ1) is 7.54. The number of nitrogens with one attached hydrogen (secondary N) is 1. The predicted octanol–water partition coefficient (Wildman–Crippen LogP) is 2.80. The second-order valence-corrected chi connectivity index (χ2v) is 4.30. The summed E-state index contributed by atoms with van der Waals surface area (Å²) in [6.07, 6.45) is -2.47. The molecule has 1 N–H and O–H groups in total. The average Bonchev–Trinajstić information content (AvgIpc) is 2.24. The van der Waals surface area contributed by atoms with Crippen molar-refractivity contribution < 1.29 is 13.2 Å². The van der Waals surface area contributed by atoms with Gasteiger partial charge in [-0.2, -0.15) is 13.2 Å². The van der Waals surface area contributed by atoms with Gasteiger partial charge in [0.1, 0.15) is 0 Å². The Morgan fingerprint density at radius 2 is 2.12 bits per heavy atom. The van der Waals surface area contributed by atoms with E-state index in [2.05, 4.69) is 10.3 Å². The lowest BCUT2D eigenvalue weighted by Gasteiger charge is -2.06. The first kappa shape index (κ1) is 13.3. The van der Waals surface area contributed by atoms with Crippen LogP contribution in [0, 0.1) is 0 Å². The molecule has 0 atom stereocenters. The highest BCUT2D eigenvalue weighted by molar-refractivity contribution is 7.99. The molecule has 0 unspecified atom stereocenters. The molecular weight excluding hydrogens is 237 g/mol. The number of thioether (sulfide) groups is 1. The molecule has 0 amide bonds. The number of aromatic nitrogens is 1. The normalized spacial score (nSPS) is 11.8. The lowest BCUT2D eigenvalue weighted by atomic mass is 10.3. The Kier molecular flexibility index (Phi) is 5.08. The number of rotatable bonds is 5. The first-order valence-corrected chi connectivity index (χ1v) is 5.83. The van der Waals surface area contributed by atoms with E-state index < -0.39 is 11.7 Å². The molecule has 1 aromatic heterocycles. The molecule has 0 bridgehead atoms. The fraction of sp³-hybridized carbons (Fsp3) is 0.500. The Hall–Kier alpha value is -0.750. The highest BCUT2D eigenvalue weighted by Gasteiger charge is 2.30. The van der Waals surface area contributed by atoms with E-state index in [9.17, 15) is 13.2 Å². The van der Waals surface area contributed by atoms with Gasteiger partial charge in [0.25, 0.3) is 0 Å². The first-order valence-electron chi connectivity index (χ1n) is 4.84. The van der Waals surface area contributed by atoms with Crippen molar-refractivity contribution in [1.29, 1.82) is 0 Å². The van der Waals surface area contributed by atoms with E-state index >= 15 is 0 Å². The Bertz CT molecular complexity index is 311. The number of hydrogen-bond donors (Lipinski definition) is 1. The van der Waals surface area contributed by atoms with Crippen LogP contribution in [-0.2, 0) is 6.18 Å². The third-order valence-electron chi connectivity index (χ3n) is 1.88. The molecule has 1 rings (SSSR count). The van der Waals surface area contributed by atoms with Gasteiger partial charge in [0.15, 0.2) is 0 Å². The summed E-state index contributed by atoms with van der Waals surface area (Å²) in [5.41, 5.74) is -0.702. The summed E-state index contributed by atoms with van der Waals surface area (Å²) in [6, 6.07) is 2.47. The predicted molar refractivity (Wildman–Crippen MR) is 58.5 cm³/mol. The zero-order chi connectivity index (χ0) is 12.0. The summed E-state index contributed by atoms with van der Waals surface area (Å²) in [6.45, 7) is 0.896. The maximum absolute atomic E-state index is 12.2. The van der Waals surface area contributed by atoms with Crippen molar-refractivity contribution in [3.05, 3.63) is 23.9 Å². The van der Waals surface area contributed by atoms with Gasteiger partial charge in [-0.25, -0.2) is 4.98 Å². The quantitative estimate of drug-likeness (QED) is 0.642. The number of alkyl halides is 3. The molecule has 0 radical (unpaired) electrons. The third-order valence-corrected chi connectivity index (χ3v) is 2.91. The average molecular weight is 250 g/mol. The monoisotopic (exact) mass is 250 g/mol. The van der Waals surface area contributed by atoms with Crippen molar-refractivity contribution in [2.24, 2.45) is 0 Å². The van der Waals surface area contributed by atoms with Crippen molar-refractivity contribution in [2.45, 2.75) is 17.6 Å². The molecule has 0 aliphatic rings. The Morgan fingerprint density at radius 3 is 2.62 bits per heavy atom. The molecule has 0 aromatic carbocycles. The molecule has 16 heavy (non-hydrogen) atoms. The van der Waals surface area contributed by atoms with Crippen LogP contribution in [0.25, 0.3) is 0 Å². The van der Waals surface area contributed by atoms with Crippen molar-refractivity contribution >= 4 is 11.8 Å². The fourth-order valence-electron chi connectivity index (χ4n) is 1.06. The summed E-state index contributed by atoms with van der Waals surface area (Å²) in [7, 11) is 1.86. The Balaban J connectivity index is 2.46. The Labute approximate surface area is 96.6 Å². The lowest BCUT2D eigenvalue weighted by Crippen LogP contribution is -2.08. The topological polar surface area (TPSA) is 24.9 Å². The molecule has 0 fully saturated rings. The largest absolute Gasteiger partial charge is 0.417 e. The standard InChI is InChI=1S/C10H13F3N2S/c1-14-5-2-6-16-9-4-3-8(7-15-9)10(11,12)13/h3-4,7,14H,2,5-6H2,1H3. The van der Waals surface area contributed by atoms with E-state index in [1.165, 1.54) is 17.8 Å². The van der Waals surface area contributed by atoms with Gasteiger partial charge in [-0.1, -0.05) is 0 Å². The second-order valence-electron chi connectivity index (χ2n) is 3.19. The van der Waals surface area contributed by atoms with Crippen LogP contribution in [0.2, 0.25) is 0 Å². The smallest absolute Gasteiger partial charge is 0.320 e. The van der Waals surface area contributed by atoms with Gasteiger partial charge >= 0.3 is 6.18 Å². The van der Waals surface area contributed by atoms with E-state index in [4.69, 9.17) is 0 Å². The number of nitrogens with zero attached hydrogens (tertiary/aromatic N) is 1. The summed E-state index contributed by atoms with van der Waals surface area (Å²) < 4.78 is 36.7. The third kappa shape index (κ3) is 4.40. The molecule has 0 aliphatic carbocycles.